The molecule has 0 spiro atoms. The highest BCUT2D eigenvalue weighted by molar-refractivity contribution is 8.27. The number of ether oxygens (including phenoxy) is 1. The van der Waals surface area contributed by atoms with Gasteiger partial charge in [-0.05, 0) is 67.8 Å². The highest BCUT2D eigenvalue weighted by Gasteiger charge is 2.36. The van der Waals surface area contributed by atoms with Gasteiger partial charge < -0.3 is 9.30 Å². The van der Waals surface area contributed by atoms with Crippen molar-refractivity contribution in [2.75, 3.05) is 6.61 Å². The van der Waals surface area contributed by atoms with Crippen molar-refractivity contribution in [2.45, 2.75) is 47.1 Å². The Hall–Kier alpha value is -4.43. The highest BCUT2D eigenvalue weighted by atomic mass is 32.2. The molecule has 1 N–H and O–H groups in total. The van der Waals surface area contributed by atoms with Crippen LogP contribution in [-0.2, 0) is 11.3 Å². The Labute approximate surface area is 250 Å². The Morgan fingerprint density at radius 2 is 1.74 bits per heavy atom. The minimum atomic E-state index is -0.431. The molecule has 8 heteroatoms. The number of amidine groups is 2. The quantitative estimate of drug-likeness (QED) is 0.232. The molecule has 42 heavy (non-hydrogen) atoms. The summed E-state index contributed by atoms with van der Waals surface area (Å²) in [5.41, 5.74) is 7.61. The average Bonchev–Trinajstić information content (AvgIpc) is 3.50. The van der Waals surface area contributed by atoms with Crippen LogP contribution in [0.4, 0.5) is 0 Å². The van der Waals surface area contributed by atoms with E-state index in [9.17, 15) is 4.79 Å². The summed E-state index contributed by atoms with van der Waals surface area (Å²) < 4.78 is 8.53. The summed E-state index contributed by atoms with van der Waals surface area (Å²) in [5.74, 6) is 0.885. The Morgan fingerprint density at radius 1 is 1.00 bits per heavy atom. The van der Waals surface area contributed by atoms with Crippen molar-refractivity contribution in [3.8, 4) is 5.75 Å². The largest absolute Gasteiger partial charge is 0.491 e. The molecule has 3 heterocycles. The maximum atomic E-state index is 13.2. The molecule has 0 aliphatic carbocycles. The van der Waals surface area contributed by atoms with E-state index >= 15 is 0 Å². The van der Waals surface area contributed by atoms with Crippen molar-refractivity contribution in [3.63, 3.8) is 0 Å². The van der Waals surface area contributed by atoms with Crippen molar-refractivity contribution >= 4 is 50.7 Å². The van der Waals surface area contributed by atoms with Gasteiger partial charge in [-0.2, -0.15) is 15.1 Å². The van der Waals surface area contributed by atoms with Crippen LogP contribution in [0.2, 0.25) is 0 Å². The van der Waals surface area contributed by atoms with Gasteiger partial charge in [0.05, 0.1) is 12.1 Å². The van der Waals surface area contributed by atoms with E-state index in [-0.39, 0.29) is 11.4 Å². The first-order valence-electron chi connectivity index (χ1n) is 14.1. The molecule has 0 saturated carbocycles. The molecule has 0 unspecified atom stereocenters. The second kappa shape index (κ2) is 11.1. The zero-order valence-corrected chi connectivity index (χ0v) is 25.2. The highest BCUT2D eigenvalue weighted by Crippen LogP contribution is 2.34. The summed E-state index contributed by atoms with van der Waals surface area (Å²) in [6.45, 7) is 11.6. The molecule has 0 bridgehead atoms. The number of nitrogens with zero attached hydrogens (tertiary/aromatic N) is 4. The van der Waals surface area contributed by atoms with Gasteiger partial charge in [0.2, 0.25) is 5.17 Å². The monoisotopic (exact) mass is 575 g/mol. The zero-order valence-electron chi connectivity index (χ0n) is 24.4. The molecule has 2 aliphatic rings. The number of carbonyl (C=O) groups is 1. The van der Waals surface area contributed by atoms with E-state index in [1.54, 1.807) is 6.08 Å². The number of aromatic nitrogens is 1. The van der Waals surface area contributed by atoms with Gasteiger partial charge in [0.25, 0.3) is 5.91 Å². The second-order valence-corrected chi connectivity index (χ2v) is 12.0. The van der Waals surface area contributed by atoms with E-state index in [1.165, 1.54) is 27.9 Å². The minimum absolute atomic E-state index is 0.0276. The summed E-state index contributed by atoms with van der Waals surface area (Å²) in [7, 11) is 0. The Morgan fingerprint density at radius 3 is 2.50 bits per heavy atom. The Bertz CT molecular complexity index is 1830. The third kappa shape index (κ3) is 5.07. The molecular weight excluding hydrogens is 542 g/mol. The van der Waals surface area contributed by atoms with Crippen LogP contribution >= 0.6 is 11.8 Å². The SMILES string of the molecule is Cc1ccc(C2=NN3C(=N)/C(=C/c4c(C)n(CCOc5cc(C)ccc5C(C)C)c5ccccc45)C(=O)N=C3S2)cc1. The molecule has 3 aromatic carbocycles. The molecule has 6 rings (SSSR count). The molecule has 0 fully saturated rings. The van der Waals surface area contributed by atoms with Gasteiger partial charge >= 0.3 is 0 Å². The molecule has 212 valence electrons. The first-order chi connectivity index (χ1) is 20.2. The summed E-state index contributed by atoms with van der Waals surface area (Å²) >= 11 is 1.31. The molecular formula is C34H33N5O2S. The van der Waals surface area contributed by atoms with Crippen LogP contribution in [0.1, 0.15) is 53.3 Å². The van der Waals surface area contributed by atoms with E-state index < -0.39 is 5.91 Å². The number of hydrazone groups is 1. The second-order valence-electron chi connectivity index (χ2n) is 11.0. The molecule has 4 aromatic rings. The van der Waals surface area contributed by atoms with Crippen LogP contribution in [0.5, 0.6) is 5.75 Å². The van der Waals surface area contributed by atoms with E-state index in [4.69, 9.17) is 10.1 Å². The fraction of sp³-hybridized carbons (Fsp3) is 0.235. The number of para-hydroxylation sites is 1. The van der Waals surface area contributed by atoms with Crippen molar-refractivity contribution < 1.29 is 9.53 Å². The maximum absolute atomic E-state index is 13.2. The van der Waals surface area contributed by atoms with Crippen LogP contribution in [0, 0.1) is 26.2 Å². The lowest BCUT2D eigenvalue weighted by Crippen LogP contribution is -2.35. The third-order valence-electron chi connectivity index (χ3n) is 7.68. The van der Waals surface area contributed by atoms with Gasteiger partial charge in [-0.25, -0.2) is 0 Å². The lowest BCUT2D eigenvalue weighted by Gasteiger charge is -2.20. The molecule has 1 amide bonds. The fourth-order valence-corrected chi connectivity index (χ4v) is 6.26. The summed E-state index contributed by atoms with van der Waals surface area (Å²) in [6.07, 6.45) is 1.79. The summed E-state index contributed by atoms with van der Waals surface area (Å²) in [5, 5.41) is 17.2. The number of fused-ring (bicyclic) bond motifs is 2. The molecule has 7 nitrogen and oxygen atoms in total. The van der Waals surface area contributed by atoms with Crippen LogP contribution in [0.15, 0.2) is 82.4 Å². The number of aliphatic imine (C=N–C) groups is 1. The van der Waals surface area contributed by atoms with Gasteiger partial charge in [-0.15, -0.1) is 0 Å². The number of thioether (sulfide) groups is 1. The number of hydrogen-bond donors (Lipinski definition) is 1. The van der Waals surface area contributed by atoms with Gasteiger partial charge in [0.1, 0.15) is 17.4 Å². The van der Waals surface area contributed by atoms with Gasteiger partial charge in [-0.1, -0.05) is 74.0 Å². The third-order valence-corrected chi connectivity index (χ3v) is 8.64. The number of nitrogens with one attached hydrogen (secondary N) is 1. The lowest BCUT2D eigenvalue weighted by molar-refractivity contribution is -0.114. The number of rotatable bonds is 7. The van der Waals surface area contributed by atoms with Crippen LogP contribution in [-0.4, -0.2) is 38.1 Å². The molecule has 0 atom stereocenters. The van der Waals surface area contributed by atoms with E-state index in [0.29, 0.717) is 24.2 Å². The summed E-state index contributed by atoms with van der Waals surface area (Å²) in [6, 6.07) is 22.5. The molecule has 1 aromatic heterocycles. The van der Waals surface area contributed by atoms with Crippen LogP contribution in [0.25, 0.3) is 17.0 Å². The molecule has 2 aliphatic heterocycles. The smallest absolute Gasteiger partial charge is 0.283 e. The van der Waals surface area contributed by atoms with Crippen LogP contribution < -0.4 is 4.74 Å². The van der Waals surface area contributed by atoms with E-state index in [0.717, 1.165) is 44.1 Å². The predicted molar refractivity (Wildman–Crippen MR) is 173 cm³/mol. The lowest BCUT2D eigenvalue weighted by atomic mass is 10.0. The summed E-state index contributed by atoms with van der Waals surface area (Å²) in [4.78, 5) is 17.5. The first kappa shape index (κ1) is 27.7. The van der Waals surface area contributed by atoms with Crippen LogP contribution in [0.3, 0.4) is 0 Å². The molecule has 0 radical (unpaired) electrons. The number of hydrogen-bond acceptors (Lipinski definition) is 5. The first-order valence-corrected chi connectivity index (χ1v) is 14.9. The Kier molecular flexibility index (Phi) is 7.33. The van der Waals surface area contributed by atoms with Gasteiger partial charge in [0.15, 0.2) is 5.84 Å². The predicted octanol–water partition coefficient (Wildman–Crippen LogP) is 7.44. The van der Waals surface area contributed by atoms with Crippen molar-refractivity contribution in [1.29, 1.82) is 5.41 Å². The molecule has 0 saturated heterocycles. The number of aryl methyl sites for hydroxylation is 2. The average molecular weight is 576 g/mol. The zero-order chi connectivity index (χ0) is 29.5. The standard InChI is InChI=1S/C34H33N5O2S/c1-20(2)25-15-12-22(4)18-30(25)41-17-16-38-23(5)27(26-8-6-7-9-29(26)38)19-28-31(35)39-34(36-32(28)40)42-33(37-39)24-13-10-21(3)11-14-24/h6-15,18-20,35H,16-17H2,1-5H3/b28-19-,35-31?. The normalized spacial score (nSPS) is 16.0. The topological polar surface area (TPSA) is 83.0 Å². The van der Waals surface area contributed by atoms with Crippen molar-refractivity contribution in [2.24, 2.45) is 10.1 Å². The number of carbonyl (C=O) groups excluding carboxylic acids is 1. The van der Waals surface area contributed by atoms with Crippen molar-refractivity contribution in [1.82, 2.24) is 9.58 Å². The van der Waals surface area contributed by atoms with Gasteiger partial charge in [0, 0.05) is 27.7 Å². The van der Waals surface area contributed by atoms with E-state index in [1.807, 2.05) is 50.2 Å². The van der Waals surface area contributed by atoms with E-state index in [2.05, 4.69) is 65.8 Å². The van der Waals surface area contributed by atoms with Crippen molar-refractivity contribution in [3.05, 3.63) is 106 Å². The Balaban J connectivity index is 1.30. The number of benzene rings is 3. The van der Waals surface area contributed by atoms with Gasteiger partial charge in [-0.3, -0.25) is 10.2 Å². The number of amides is 1. The minimum Gasteiger partial charge on any atom is -0.491 e. The maximum Gasteiger partial charge on any atom is 0.283 e. The fourth-order valence-electron chi connectivity index (χ4n) is 5.37.